The SMILES string of the molecule is O=C(NCc1ccc(F)c(Br)c1)C1CCN(c2ccccc2)C1=O. The average Bonchev–Trinajstić information content (AvgIpc) is 2.98. The molecule has 2 aromatic carbocycles. The third-order valence-corrected chi connectivity index (χ3v) is 4.65. The van der Waals surface area contributed by atoms with Gasteiger partial charge < -0.3 is 10.2 Å². The quantitative estimate of drug-likeness (QED) is 0.814. The zero-order chi connectivity index (χ0) is 17.1. The Labute approximate surface area is 147 Å². The second kappa shape index (κ2) is 7.13. The summed E-state index contributed by atoms with van der Waals surface area (Å²) in [5.74, 6) is -1.50. The summed E-state index contributed by atoms with van der Waals surface area (Å²) in [5.41, 5.74) is 1.57. The van der Waals surface area contributed by atoms with E-state index in [1.165, 1.54) is 6.07 Å². The lowest BCUT2D eigenvalue weighted by atomic mass is 10.1. The van der Waals surface area contributed by atoms with Crippen molar-refractivity contribution in [1.82, 2.24) is 5.32 Å². The van der Waals surface area contributed by atoms with Gasteiger partial charge in [0, 0.05) is 18.8 Å². The zero-order valence-electron chi connectivity index (χ0n) is 12.8. The molecular weight excluding hydrogens is 375 g/mol. The molecule has 1 saturated heterocycles. The van der Waals surface area contributed by atoms with E-state index in [9.17, 15) is 14.0 Å². The van der Waals surface area contributed by atoms with Crippen molar-refractivity contribution in [1.29, 1.82) is 0 Å². The number of para-hydroxylation sites is 1. The van der Waals surface area contributed by atoms with Gasteiger partial charge in [-0.05, 0) is 52.2 Å². The number of hydrogen-bond donors (Lipinski definition) is 1. The molecule has 4 nitrogen and oxygen atoms in total. The van der Waals surface area contributed by atoms with Crippen molar-refractivity contribution in [2.75, 3.05) is 11.4 Å². The maximum atomic E-state index is 13.2. The van der Waals surface area contributed by atoms with E-state index >= 15 is 0 Å². The molecule has 1 aliphatic heterocycles. The van der Waals surface area contributed by atoms with Gasteiger partial charge in [-0.2, -0.15) is 0 Å². The van der Waals surface area contributed by atoms with Gasteiger partial charge in [-0.15, -0.1) is 0 Å². The van der Waals surface area contributed by atoms with Crippen LogP contribution < -0.4 is 10.2 Å². The van der Waals surface area contributed by atoms with Crippen LogP contribution in [0, 0.1) is 11.7 Å². The van der Waals surface area contributed by atoms with E-state index in [1.807, 2.05) is 30.3 Å². The van der Waals surface area contributed by atoms with Crippen LogP contribution in [0.4, 0.5) is 10.1 Å². The molecule has 124 valence electrons. The number of benzene rings is 2. The second-order valence-corrected chi connectivity index (χ2v) is 6.49. The first-order valence-corrected chi connectivity index (χ1v) is 8.43. The topological polar surface area (TPSA) is 49.4 Å². The van der Waals surface area contributed by atoms with Crippen molar-refractivity contribution >= 4 is 33.4 Å². The molecule has 0 spiro atoms. The van der Waals surface area contributed by atoms with Crippen molar-refractivity contribution in [3.63, 3.8) is 0 Å². The Morgan fingerprint density at radius 3 is 2.71 bits per heavy atom. The predicted octanol–water partition coefficient (Wildman–Crippen LogP) is 3.26. The Kier molecular flexibility index (Phi) is 4.94. The first-order valence-electron chi connectivity index (χ1n) is 7.64. The fourth-order valence-corrected chi connectivity index (χ4v) is 3.18. The molecule has 1 heterocycles. The predicted molar refractivity (Wildman–Crippen MR) is 92.8 cm³/mol. The molecular formula is C18H16BrFN2O2. The normalized spacial score (nSPS) is 17.2. The molecule has 0 aromatic heterocycles. The molecule has 1 N–H and O–H groups in total. The zero-order valence-corrected chi connectivity index (χ0v) is 14.4. The number of anilines is 1. The first-order chi connectivity index (χ1) is 11.6. The standard InChI is InChI=1S/C18H16BrFN2O2/c19-15-10-12(6-7-16(15)20)11-21-17(23)14-8-9-22(18(14)24)13-4-2-1-3-5-13/h1-7,10,14H,8-9,11H2,(H,21,23). The molecule has 2 amide bonds. The molecule has 6 heteroatoms. The number of rotatable bonds is 4. The summed E-state index contributed by atoms with van der Waals surface area (Å²) in [4.78, 5) is 26.4. The lowest BCUT2D eigenvalue weighted by Crippen LogP contribution is -2.36. The largest absolute Gasteiger partial charge is 0.351 e. The van der Waals surface area contributed by atoms with Gasteiger partial charge in [0.2, 0.25) is 11.8 Å². The smallest absolute Gasteiger partial charge is 0.239 e. The minimum absolute atomic E-state index is 0.181. The van der Waals surface area contributed by atoms with E-state index in [1.54, 1.807) is 17.0 Å². The molecule has 24 heavy (non-hydrogen) atoms. The molecule has 2 aromatic rings. The number of nitrogens with zero attached hydrogens (tertiary/aromatic N) is 1. The minimum atomic E-state index is -0.672. The van der Waals surface area contributed by atoms with Gasteiger partial charge in [-0.1, -0.05) is 24.3 Å². The van der Waals surface area contributed by atoms with Gasteiger partial charge in [0.05, 0.1) is 4.47 Å². The number of amides is 2. The highest BCUT2D eigenvalue weighted by Crippen LogP contribution is 2.25. The van der Waals surface area contributed by atoms with Crippen molar-refractivity contribution < 1.29 is 14.0 Å². The van der Waals surface area contributed by atoms with E-state index < -0.39 is 5.92 Å². The number of carbonyl (C=O) groups excluding carboxylic acids is 2. The van der Waals surface area contributed by atoms with E-state index in [-0.39, 0.29) is 24.2 Å². The number of nitrogens with one attached hydrogen (secondary N) is 1. The Morgan fingerprint density at radius 1 is 1.25 bits per heavy atom. The fraction of sp³-hybridized carbons (Fsp3) is 0.222. The van der Waals surface area contributed by atoms with Gasteiger partial charge >= 0.3 is 0 Å². The first kappa shape index (κ1) is 16.6. The minimum Gasteiger partial charge on any atom is -0.351 e. The van der Waals surface area contributed by atoms with Crippen LogP contribution in [-0.4, -0.2) is 18.4 Å². The van der Waals surface area contributed by atoms with E-state index in [0.29, 0.717) is 17.4 Å². The Morgan fingerprint density at radius 2 is 2.00 bits per heavy atom. The van der Waals surface area contributed by atoms with Crippen molar-refractivity contribution in [2.24, 2.45) is 5.92 Å². The Bertz CT molecular complexity index is 767. The van der Waals surface area contributed by atoms with Gasteiger partial charge in [0.25, 0.3) is 0 Å². The molecule has 1 atom stereocenters. The molecule has 1 unspecified atom stereocenters. The van der Waals surface area contributed by atoms with Crippen LogP contribution in [0.2, 0.25) is 0 Å². The number of hydrogen-bond acceptors (Lipinski definition) is 2. The summed E-state index contributed by atoms with van der Waals surface area (Å²) in [6.07, 6.45) is 0.493. The van der Waals surface area contributed by atoms with Crippen LogP contribution in [0.5, 0.6) is 0 Å². The summed E-state index contributed by atoms with van der Waals surface area (Å²) in [6, 6.07) is 13.9. The number of carbonyl (C=O) groups is 2. The van der Waals surface area contributed by atoms with Gasteiger partial charge in [-0.3, -0.25) is 9.59 Å². The summed E-state index contributed by atoms with van der Waals surface area (Å²) in [7, 11) is 0. The monoisotopic (exact) mass is 390 g/mol. The summed E-state index contributed by atoms with van der Waals surface area (Å²) < 4.78 is 13.6. The maximum absolute atomic E-state index is 13.2. The third kappa shape index (κ3) is 3.48. The van der Waals surface area contributed by atoms with Crippen molar-refractivity contribution in [2.45, 2.75) is 13.0 Å². The third-order valence-electron chi connectivity index (χ3n) is 4.04. The van der Waals surface area contributed by atoms with Crippen LogP contribution in [-0.2, 0) is 16.1 Å². The highest BCUT2D eigenvalue weighted by Gasteiger charge is 2.37. The van der Waals surface area contributed by atoms with Crippen LogP contribution in [0.3, 0.4) is 0 Å². The van der Waals surface area contributed by atoms with Crippen molar-refractivity contribution in [3.8, 4) is 0 Å². The van der Waals surface area contributed by atoms with E-state index in [0.717, 1.165) is 11.3 Å². The summed E-state index contributed by atoms with van der Waals surface area (Å²) in [6.45, 7) is 0.788. The van der Waals surface area contributed by atoms with Crippen molar-refractivity contribution in [3.05, 3.63) is 64.4 Å². The highest BCUT2D eigenvalue weighted by atomic mass is 79.9. The second-order valence-electron chi connectivity index (χ2n) is 5.63. The van der Waals surface area contributed by atoms with Gasteiger partial charge in [0.15, 0.2) is 0 Å². The Balaban J connectivity index is 1.61. The van der Waals surface area contributed by atoms with Crippen LogP contribution in [0.1, 0.15) is 12.0 Å². The summed E-state index contributed by atoms with van der Waals surface area (Å²) in [5, 5.41) is 2.76. The summed E-state index contributed by atoms with van der Waals surface area (Å²) >= 11 is 3.11. The number of halogens is 2. The molecule has 0 bridgehead atoms. The fourth-order valence-electron chi connectivity index (χ4n) is 2.75. The van der Waals surface area contributed by atoms with Gasteiger partial charge in [0.1, 0.15) is 11.7 Å². The molecule has 1 fully saturated rings. The van der Waals surface area contributed by atoms with Gasteiger partial charge in [-0.25, -0.2) is 4.39 Å². The van der Waals surface area contributed by atoms with Crippen LogP contribution in [0.25, 0.3) is 0 Å². The Hall–Kier alpha value is -2.21. The lowest BCUT2D eigenvalue weighted by molar-refractivity contribution is -0.132. The van der Waals surface area contributed by atoms with E-state index in [2.05, 4.69) is 21.2 Å². The molecule has 0 radical (unpaired) electrons. The maximum Gasteiger partial charge on any atom is 0.239 e. The van der Waals surface area contributed by atoms with E-state index in [4.69, 9.17) is 0 Å². The average molecular weight is 391 g/mol. The van der Waals surface area contributed by atoms with Crippen LogP contribution in [0.15, 0.2) is 53.0 Å². The van der Waals surface area contributed by atoms with Crippen LogP contribution >= 0.6 is 15.9 Å². The highest BCUT2D eigenvalue weighted by molar-refractivity contribution is 9.10. The molecule has 1 aliphatic rings. The molecule has 0 saturated carbocycles. The lowest BCUT2D eigenvalue weighted by Gasteiger charge is -2.16. The molecule has 3 rings (SSSR count). The molecule has 0 aliphatic carbocycles.